The van der Waals surface area contributed by atoms with Gasteiger partial charge in [0.05, 0.1) is 17.9 Å². The van der Waals surface area contributed by atoms with E-state index in [1.165, 1.54) is 6.07 Å². The van der Waals surface area contributed by atoms with E-state index in [1.807, 2.05) is 12.1 Å². The topological polar surface area (TPSA) is 56.3 Å². The number of benzene rings is 2. The fourth-order valence-corrected chi connectivity index (χ4v) is 4.52. The Balaban J connectivity index is 1.45. The molecule has 1 fully saturated rings. The standard InChI is InChI=1S/C26H34FN3O3/c1-26(2,32)11-14-33-21-6-7-22-18(15-21)9-13-30(25(22)31)19-5-8-24(23(27)16-19)29-12-10-20(17-29)28(3)4/h5-8,15-16,20,32H,9-14,17H2,1-4H3/t20-/m1/s1. The van der Waals surface area contributed by atoms with Crippen molar-refractivity contribution < 1.29 is 19.0 Å². The van der Waals surface area contributed by atoms with E-state index in [0.29, 0.717) is 54.7 Å². The van der Waals surface area contributed by atoms with Crippen LogP contribution in [0, 0.1) is 5.82 Å². The van der Waals surface area contributed by atoms with E-state index in [-0.39, 0.29) is 11.7 Å². The van der Waals surface area contributed by atoms with E-state index >= 15 is 4.39 Å². The van der Waals surface area contributed by atoms with Crippen LogP contribution < -0.4 is 14.5 Å². The molecule has 0 spiro atoms. The van der Waals surface area contributed by atoms with Crippen molar-refractivity contribution in [3.63, 3.8) is 0 Å². The number of amides is 1. The quantitative estimate of drug-likeness (QED) is 0.690. The van der Waals surface area contributed by atoms with Gasteiger partial charge in [-0.2, -0.15) is 0 Å². The molecule has 1 amide bonds. The van der Waals surface area contributed by atoms with Crippen molar-refractivity contribution in [3.8, 4) is 5.75 Å². The van der Waals surface area contributed by atoms with Crippen LogP contribution in [0.15, 0.2) is 36.4 Å². The number of likely N-dealkylation sites (N-methyl/N-ethyl adjacent to an activating group) is 1. The monoisotopic (exact) mass is 455 g/mol. The Bertz CT molecular complexity index is 1020. The number of rotatable bonds is 7. The molecule has 1 N–H and O–H groups in total. The molecule has 7 heteroatoms. The summed E-state index contributed by atoms with van der Waals surface area (Å²) in [5.41, 5.74) is 1.95. The molecule has 0 saturated carbocycles. The summed E-state index contributed by atoms with van der Waals surface area (Å²) < 4.78 is 20.8. The first-order valence-corrected chi connectivity index (χ1v) is 11.6. The average molecular weight is 456 g/mol. The molecule has 4 rings (SSSR count). The molecule has 2 aromatic carbocycles. The van der Waals surface area contributed by atoms with Gasteiger partial charge in [-0.05, 0) is 82.7 Å². The van der Waals surface area contributed by atoms with Crippen LogP contribution in [0.4, 0.5) is 15.8 Å². The lowest BCUT2D eigenvalue weighted by molar-refractivity contribution is 0.0553. The molecule has 0 aromatic heterocycles. The molecule has 1 saturated heterocycles. The van der Waals surface area contributed by atoms with Crippen molar-refractivity contribution in [2.24, 2.45) is 0 Å². The zero-order chi connectivity index (χ0) is 23.8. The molecule has 0 unspecified atom stereocenters. The molecule has 33 heavy (non-hydrogen) atoms. The minimum atomic E-state index is -0.779. The summed E-state index contributed by atoms with van der Waals surface area (Å²) in [6.07, 6.45) is 2.20. The van der Waals surface area contributed by atoms with Gasteiger partial charge in [0.1, 0.15) is 11.6 Å². The molecule has 6 nitrogen and oxygen atoms in total. The third-order valence-electron chi connectivity index (χ3n) is 6.62. The van der Waals surface area contributed by atoms with Crippen molar-refractivity contribution in [2.75, 3.05) is 50.1 Å². The predicted octanol–water partition coefficient (Wildman–Crippen LogP) is 3.71. The summed E-state index contributed by atoms with van der Waals surface area (Å²) in [6.45, 7) is 6.02. The molecule has 178 valence electrons. The van der Waals surface area contributed by atoms with Crippen LogP contribution in [-0.2, 0) is 6.42 Å². The largest absolute Gasteiger partial charge is 0.493 e. The van der Waals surface area contributed by atoms with Crippen LogP contribution in [-0.4, -0.2) is 67.9 Å². The third-order valence-corrected chi connectivity index (χ3v) is 6.62. The summed E-state index contributed by atoms with van der Waals surface area (Å²) in [5, 5.41) is 9.83. The molecule has 2 aliphatic heterocycles. The van der Waals surface area contributed by atoms with Crippen LogP contribution >= 0.6 is 0 Å². The number of carbonyl (C=O) groups excluding carboxylic acids is 1. The molecule has 0 radical (unpaired) electrons. The lowest BCUT2D eigenvalue weighted by Gasteiger charge is -2.30. The molecule has 2 heterocycles. The Morgan fingerprint density at radius 1 is 1.18 bits per heavy atom. The zero-order valence-electron chi connectivity index (χ0n) is 20.0. The molecule has 2 aliphatic rings. The summed E-state index contributed by atoms with van der Waals surface area (Å²) in [7, 11) is 4.11. The van der Waals surface area contributed by atoms with Crippen molar-refractivity contribution in [1.29, 1.82) is 0 Å². The van der Waals surface area contributed by atoms with Crippen LogP contribution in [0.25, 0.3) is 0 Å². The highest BCUT2D eigenvalue weighted by Gasteiger charge is 2.29. The molecular formula is C26H34FN3O3. The molecular weight excluding hydrogens is 421 g/mol. The van der Waals surface area contributed by atoms with E-state index in [4.69, 9.17) is 4.74 Å². The number of carbonyl (C=O) groups is 1. The van der Waals surface area contributed by atoms with E-state index in [9.17, 15) is 9.90 Å². The first-order valence-electron chi connectivity index (χ1n) is 11.6. The maximum atomic E-state index is 15.0. The number of hydrogen-bond acceptors (Lipinski definition) is 5. The molecule has 0 bridgehead atoms. The van der Waals surface area contributed by atoms with Crippen molar-refractivity contribution in [3.05, 3.63) is 53.3 Å². The number of fused-ring (bicyclic) bond motifs is 1. The maximum absolute atomic E-state index is 15.0. The number of ether oxygens (including phenoxy) is 1. The Morgan fingerprint density at radius 2 is 1.97 bits per heavy atom. The highest BCUT2D eigenvalue weighted by atomic mass is 19.1. The number of hydrogen-bond donors (Lipinski definition) is 1. The van der Waals surface area contributed by atoms with Gasteiger partial charge < -0.3 is 24.5 Å². The average Bonchev–Trinajstić information content (AvgIpc) is 3.23. The molecule has 2 aromatic rings. The second-order valence-corrected chi connectivity index (χ2v) is 9.92. The minimum absolute atomic E-state index is 0.125. The first kappa shape index (κ1) is 23.5. The minimum Gasteiger partial charge on any atom is -0.493 e. The summed E-state index contributed by atoms with van der Waals surface area (Å²) in [4.78, 5) is 19.1. The second-order valence-electron chi connectivity index (χ2n) is 9.92. The van der Waals surface area contributed by atoms with Crippen molar-refractivity contribution >= 4 is 17.3 Å². The van der Waals surface area contributed by atoms with Crippen LogP contribution in [0.2, 0.25) is 0 Å². The van der Waals surface area contributed by atoms with Crippen molar-refractivity contribution in [1.82, 2.24) is 4.90 Å². The Hall–Kier alpha value is -2.64. The van der Waals surface area contributed by atoms with E-state index in [2.05, 4.69) is 23.9 Å². The van der Waals surface area contributed by atoms with Gasteiger partial charge >= 0.3 is 0 Å². The van der Waals surface area contributed by atoms with Gasteiger partial charge in [0.2, 0.25) is 0 Å². The van der Waals surface area contributed by atoms with E-state index in [1.54, 1.807) is 36.9 Å². The highest BCUT2D eigenvalue weighted by molar-refractivity contribution is 6.08. The molecule has 1 atom stereocenters. The fraction of sp³-hybridized carbons (Fsp3) is 0.500. The fourth-order valence-electron chi connectivity index (χ4n) is 4.52. The summed E-state index contributed by atoms with van der Waals surface area (Å²) >= 11 is 0. The molecule has 0 aliphatic carbocycles. The number of halogens is 1. The van der Waals surface area contributed by atoms with E-state index < -0.39 is 5.60 Å². The van der Waals surface area contributed by atoms with Crippen LogP contribution in [0.5, 0.6) is 5.75 Å². The van der Waals surface area contributed by atoms with E-state index in [0.717, 1.165) is 25.1 Å². The van der Waals surface area contributed by atoms with Gasteiger partial charge in [0.25, 0.3) is 5.91 Å². The summed E-state index contributed by atoms with van der Waals surface area (Å²) in [6, 6.07) is 11.0. The van der Waals surface area contributed by atoms with Gasteiger partial charge in [-0.15, -0.1) is 0 Å². The number of anilines is 2. The second kappa shape index (κ2) is 9.31. The van der Waals surface area contributed by atoms with Gasteiger partial charge in [-0.25, -0.2) is 4.39 Å². The van der Waals surface area contributed by atoms with Gasteiger partial charge in [0.15, 0.2) is 0 Å². The maximum Gasteiger partial charge on any atom is 0.258 e. The van der Waals surface area contributed by atoms with Crippen molar-refractivity contribution in [2.45, 2.75) is 44.8 Å². The number of aliphatic hydroxyl groups is 1. The lowest BCUT2D eigenvalue weighted by atomic mass is 9.98. The zero-order valence-corrected chi connectivity index (χ0v) is 20.0. The Kier molecular flexibility index (Phi) is 6.64. The normalized spacial score (nSPS) is 18.8. The van der Waals surface area contributed by atoms with Gasteiger partial charge in [-0.1, -0.05) is 0 Å². The van der Waals surface area contributed by atoms with Crippen LogP contribution in [0.1, 0.15) is 42.6 Å². The van der Waals surface area contributed by atoms with Gasteiger partial charge in [0, 0.05) is 43.3 Å². The third kappa shape index (κ3) is 5.31. The Morgan fingerprint density at radius 3 is 2.64 bits per heavy atom. The predicted molar refractivity (Wildman–Crippen MR) is 129 cm³/mol. The highest BCUT2D eigenvalue weighted by Crippen LogP contribution is 2.32. The SMILES string of the molecule is CN(C)[C@@H]1CCN(c2ccc(N3CCc4cc(OCCC(C)(C)O)ccc4C3=O)cc2F)C1. The van der Waals surface area contributed by atoms with Gasteiger partial charge in [-0.3, -0.25) is 4.79 Å². The summed E-state index contributed by atoms with van der Waals surface area (Å²) in [5.74, 6) is 0.276. The van der Waals surface area contributed by atoms with Crippen LogP contribution in [0.3, 0.4) is 0 Å². The number of nitrogens with zero attached hydrogens (tertiary/aromatic N) is 3. The first-order chi connectivity index (χ1) is 15.6. The lowest BCUT2D eigenvalue weighted by Crippen LogP contribution is -2.37. The Labute approximate surface area is 195 Å². The smallest absolute Gasteiger partial charge is 0.258 e.